The highest BCUT2D eigenvalue weighted by Gasteiger charge is 2.26. The summed E-state index contributed by atoms with van der Waals surface area (Å²) in [5.74, 6) is 1.94. The topological polar surface area (TPSA) is 51.8 Å². The first-order valence-electron chi connectivity index (χ1n) is 6.36. The molecule has 1 fully saturated rings. The third-order valence-electron chi connectivity index (χ3n) is 3.47. The Morgan fingerprint density at radius 1 is 1.11 bits per heavy atom. The molecule has 18 heavy (non-hydrogen) atoms. The van der Waals surface area contributed by atoms with Crippen molar-refractivity contribution in [2.24, 2.45) is 0 Å². The maximum absolute atomic E-state index is 5.91. The molecule has 3 heteroatoms. The van der Waals surface area contributed by atoms with Crippen LogP contribution in [0.3, 0.4) is 0 Å². The van der Waals surface area contributed by atoms with Gasteiger partial charge in [0.2, 0.25) is 0 Å². The first kappa shape index (κ1) is 11.2. The van der Waals surface area contributed by atoms with E-state index in [0.717, 1.165) is 17.1 Å². The molecule has 0 aliphatic heterocycles. The summed E-state index contributed by atoms with van der Waals surface area (Å²) in [4.78, 5) is 9.10. The Morgan fingerprint density at radius 3 is 2.39 bits per heavy atom. The van der Waals surface area contributed by atoms with E-state index < -0.39 is 0 Å². The van der Waals surface area contributed by atoms with Crippen LogP contribution >= 0.6 is 0 Å². The number of anilines is 1. The van der Waals surface area contributed by atoms with Gasteiger partial charge in [0.25, 0.3) is 0 Å². The van der Waals surface area contributed by atoms with E-state index in [0.29, 0.717) is 11.7 Å². The molecule has 0 amide bonds. The number of nitrogens with zero attached hydrogens (tertiary/aromatic N) is 2. The second-order valence-corrected chi connectivity index (χ2v) is 5.08. The number of rotatable bonds is 2. The SMILES string of the molecule is Cc1cccc(C)c1-c1nc(N)cc(C2CC2)n1. The predicted octanol–water partition coefficient (Wildman–Crippen LogP) is 3.22. The molecule has 1 aliphatic rings. The van der Waals surface area contributed by atoms with Crippen LogP contribution in [0.1, 0.15) is 35.6 Å². The minimum absolute atomic E-state index is 0.574. The van der Waals surface area contributed by atoms with Crippen LogP contribution in [-0.4, -0.2) is 9.97 Å². The maximum atomic E-state index is 5.91. The van der Waals surface area contributed by atoms with Gasteiger partial charge in [-0.15, -0.1) is 0 Å². The number of hydrogen-bond acceptors (Lipinski definition) is 3. The summed E-state index contributed by atoms with van der Waals surface area (Å²) in [6.45, 7) is 4.18. The van der Waals surface area contributed by atoms with Gasteiger partial charge in [0.15, 0.2) is 5.82 Å². The standard InChI is InChI=1S/C15H17N3/c1-9-4-3-5-10(2)14(9)15-17-12(11-6-7-11)8-13(16)18-15/h3-5,8,11H,6-7H2,1-2H3,(H2,16,17,18). The van der Waals surface area contributed by atoms with Crippen LogP contribution in [0.25, 0.3) is 11.4 Å². The van der Waals surface area contributed by atoms with Crippen molar-refractivity contribution in [2.45, 2.75) is 32.6 Å². The lowest BCUT2D eigenvalue weighted by molar-refractivity contribution is 0.995. The van der Waals surface area contributed by atoms with E-state index in [1.807, 2.05) is 6.07 Å². The average Bonchev–Trinajstić information content (AvgIpc) is 3.11. The van der Waals surface area contributed by atoms with Crippen LogP contribution in [0.4, 0.5) is 5.82 Å². The van der Waals surface area contributed by atoms with Gasteiger partial charge in [-0.25, -0.2) is 9.97 Å². The van der Waals surface area contributed by atoms with Gasteiger partial charge in [-0.05, 0) is 37.8 Å². The maximum Gasteiger partial charge on any atom is 0.162 e. The zero-order valence-corrected chi connectivity index (χ0v) is 10.8. The van der Waals surface area contributed by atoms with E-state index in [4.69, 9.17) is 10.7 Å². The van der Waals surface area contributed by atoms with Crippen molar-refractivity contribution in [1.82, 2.24) is 9.97 Å². The van der Waals surface area contributed by atoms with Crippen LogP contribution < -0.4 is 5.73 Å². The van der Waals surface area contributed by atoms with E-state index in [-0.39, 0.29) is 0 Å². The van der Waals surface area contributed by atoms with Crippen molar-refractivity contribution in [3.63, 3.8) is 0 Å². The zero-order chi connectivity index (χ0) is 12.7. The average molecular weight is 239 g/mol. The second-order valence-electron chi connectivity index (χ2n) is 5.08. The van der Waals surface area contributed by atoms with Gasteiger partial charge in [-0.1, -0.05) is 18.2 Å². The lowest BCUT2D eigenvalue weighted by atomic mass is 10.0. The van der Waals surface area contributed by atoms with E-state index in [2.05, 4.69) is 37.0 Å². The Labute approximate surface area is 107 Å². The molecule has 1 heterocycles. The van der Waals surface area contributed by atoms with Crippen molar-refractivity contribution in [2.75, 3.05) is 5.73 Å². The largest absolute Gasteiger partial charge is 0.384 e. The van der Waals surface area contributed by atoms with E-state index in [1.165, 1.54) is 24.0 Å². The number of benzene rings is 1. The molecule has 0 radical (unpaired) electrons. The highest BCUT2D eigenvalue weighted by atomic mass is 15.0. The van der Waals surface area contributed by atoms with E-state index in [9.17, 15) is 0 Å². The fourth-order valence-corrected chi connectivity index (χ4v) is 2.35. The normalized spacial score (nSPS) is 14.8. The summed E-state index contributed by atoms with van der Waals surface area (Å²) < 4.78 is 0. The molecule has 0 atom stereocenters. The van der Waals surface area contributed by atoms with Crippen molar-refractivity contribution in [1.29, 1.82) is 0 Å². The highest BCUT2D eigenvalue weighted by molar-refractivity contribution is 5.65. The van der Waals surface area contributed by atoms with Crippen molar-refractivity contribution in [3.05, 3.63) is 41.1 Å². The fourth-order valence-electron chi connectivity index (χ4n) is 2.35. The summed E-state index contributed by atoms with van der Waals surface area (Å²) in [6, 6.07) is 8.15. The molecule has 1 aromatic heterocycles. The molecule has 0 spiro atoms. The van der Waals surface area contributed by atoms with Crippen molar-refractivity contribution in [3.8, 4) is 11.4 Å². The molecular weight excluding hydrogens is 222 g/mol. The van der Waals surface area contributed by atoms with Gasteiger partial charge in [-0.3, -0.25) is 0 Å². The molecule has 3 rings (SSSR count). The zero-order valence-electron chi connectivity index (χ0n) is 10.8. The predicted molar refractivity (Wildman–Crippen MR) is 73.3 cm³/mol. The third kappa shape index (κ3) is 1.96. The molecule has 3 nitrogen and oxygen atoms in total. The van der Waals surface area contributed by atoms with Crippen molar-refractivity contribution >= 4 is 5.82 Å². The van der Waals surface area contributed by atoms with E-state index in [1.54, 1.807) is 0 Å². The molecule has 0 bridgehead atoms. The minimum Gasteiger partial charge on any atom is -0.384 e. The van der Waals surface area contributed by atoms with Gasteiger partial charge in [-0.2, -0.15) is 0 Å². The number of nitrogens with two attached hydrogens (primary N) is 1. The third-order valence-corrected chi connectivity index (χ3v) is 3.47. The first-order valence-corrected chi connectivity index (χ1v) is 6.36. The molecular formula is C15H17N3. The molecule has 92 valence electrons. The lowest BCUT2D eigenvalue weighted by Gasteiger charge is -2.10. The van der Waals surface area contributed by atoms with Gasteiger partial charge in [0.1, 0.15) is 5.82 Å². The smallest absolute Gasteiger partial charge is 0.162 e. The van der Waals surface area contributed by atoms with Gasteiger partial charge in [0, 0.05) is 23.2 Å². The molecule has 0 saturated heterocycles. The molecule has 1 aliphatic carbocycles. The van der Waals surface area contributed by atoms with Crippen LogP contribution in [0.5, 0.6) is 0 Å². The van der Waals surface area contributed by atoms with Crippen LogP contribution in [0, 0.1) is 13.8 Å². The first-order chi connectivity index (χ1) is 8.65. The van der Waals surface area contributed by atoms with Crippen LogP contribution in [0.2, 0.25) is 0 Å². The summed E-state index contributed by atoms with van der Waals surface area (Å²) in [5, 5.41) is 0. The van der Waals surface area contributed by atoms with Crippen LogP contribution in [-0.2, 0) is 0 Å². The number of aryl methyl sites for hydroxylation is 2. The minimum atomic E-state index is 0.574. The van der Waals surface area contributed by atoms with E-state index >= 15 is 0 Å². The second kappa shape index (κ2) is 4.09. The quantitative estimate of drug-likeness (QED) is 0.875. The van der Waals surface area contributed by atoms with Gasteiger partial charge in [0.05, 0.1) is 0 Å². The number of nitrogen functional groups attached to an aromatic ring is 1. The lowest BCUT2D eigenvalue weighted by Crippen LogP contribution is -2.01. The Balaban J connectivity index is 2.16. The molecule has 2 aromatic rings. The Kier molecular flexibility index (Phi) is 2.54. The fraction of sp³-hybridized carbons (Fsp3) is 0.333. The Morgan fingerprint density at radius 2 is 1.78 bits per heavy atom. The monoisotopic (exact) mass is 239 g/mol. The van der Waals surface area contributed by atoms with Gasteiger partial charge < -0.3 is 5.73 Å². The summed E-state index contributed by atoms with van der Waals surface area (Å²) >= 11 is 0. The Hall–Kier alpha value is -1.90. The molecule has 1 saturated carbocycles. The molecule has 1 aromatic carbocycles. The molecule has 2 N–H and O–H groups in total. The summed E-state index contributed by atoms with van der Waals surface area (Å²) in [7, 11) is 0. The molecule has 0 unspecified atom stereocenters. The van der Waals surface area contributed by atoms with Gasteiger partial charge >= 0.3 is 0 Å². The summed E-state index contributed by atoms with van der Waals surface area (Å²) in [5.41, 5.74) is 10.5. The Bertz CT molecular complexity index is 580. The number of hydrogen-bond donors (Lipinski definition) is 1. The highest BCUT2D eigenvalue weighted by Crippen LogP contribution is 2.40. The van der Waals surface area contributed by atoms with Crippen molar-refractivity contribution < 1.29 is 0 Å². The number of aromatic nitrogens is 2. The summed E-state index contributed by atoms with van der Waals surface area (Å²) in [6.07, 6.45) is 2.45. The van der Waals surface area contributed by atoms with Crippen LogP contribution in [0.15, 0.2) is 24.3 Å².